The Hall–Kier alpha value is -0.980. The van der Waals surface area contributed by atoms with E-state index >= 15 is 0 Å². The molecular weight excluding hydrogens is 196 g/mol. The molecule has 0 amide bonds. The van der Waals surface area contributed by atoms with E-state index in [9.17, 15) is 5.11 Å². The Morgan fingerprint density at radius 3 is 2.06 bits per heavy atom. The summed E-state index contributed by atoms with van der Waals surface area (Å²) >= 11 is 0. The van der Waals surface area contributed by atoms with Crippen molar-refractivity contribution in [1.82, 2.24) is 0 Å². The zero-order chi connectivity index (χ0) is 12.1. The maximum absolute atomic E-state index is 9.29. The lowest BCUT2D eigenvalue weighted by atomic mass is 9.78. The van der Waals surface area contributed by atoms with E-state index in [0.29, 0.717) is 17.6 Å². The van der Waals surface area contributed by atoms with Gasteiger partial charge in [-0.3, -0.25) is 0 Å². The van der Waals surface area contributed by atoms with Crippen molar-refractivity contribution in [2.75, 3.05) is 0 Å². The molecule has 0 aromatic heterocycles. The van der Waals surface area contributed by atoms with Crippen molar-refractivity contribution in [2.24, 2.45) is 11.8 Å². The van der Waals surface area contributed by atoms with Crippen molar-refractivity contribution in [2.45, 2.75) is 46.5 Å². The first-order valence-corrected chi connectivity index (χ1v) is 6.35. The quantitative estimate of drug-likeness (QED) is 0.770. The normalized spacial score (nSPS) is 15.1. The SMILES string of the molecule is CCCC(C(C)C)C(C)c1ccc(O)cc1. The largest absolute Gasteiger partial charge is 0.508 e. The standard InChI is InChI=1S/C15H24O/c1-5-6-15(11(2)3)12(4)13-7-9-14(16)10-8-13/h7-12,15-16H,5-6H2,1-4H3. The lowest BCUT2D eigenvalue weighted by molar-refractivity contribution is 0.307. The maximum Gasteiger partial charge on any atom is 0.115 e. The van der Waals surface area contributed by atoms with E-state index in [1.165, 1.54) is 18.4 Å². The number of phenolic OH excluding ortho intramolecular Hbond substituents is 1. The molecule has 0 bridgehead atoms. The van der Waals surface area contributed by atoms with Crippen LogP contribution in [0.25, 0.3) is 0 Å². The molecule has 90 valence electrons. The third-order valence-corrected chi connectivity index (χ3v) is 3.54. The molecule has 0 radical (unpaired) electrons. The van der Waals surface area contributed by atoms with Gasteiger partial charge in [0.05, 0.1) is 0 Å². The second kappa shape index (κ2) is 5.93. The molecule has 1 N–H and O–H groups in total. The van der Waals surface area contributed by atoms with Gasteiger partial charge in [0.25, 0.3) is 0 Å². The van der Waals surface area contributed by atoms with Gasteiger partial charge < -0.3 is 5.11 Å². The Balaban J connectivity index is 2.81. The summed E-state index contributed by atoms with van der Waals surface area (Å²) in [5, 5.41) is 9.29. The van der Waals surface area contributed by atoms with E-state index in [1.54, 1.807) is 12.1 Å². The molecule has 0 fully saturated rings. The molecule has 2 unspecified atom stereocenters. The van der Waals surface area contributed by atoms with Gasteiger partial charge in [-0.15, -0.1) is 0 Å². The molecule has 16 heavy (non-hydrogen) atoms. The maximum atomic E-state index is 9.29. The summed E-state index contributed by atoms with van der Waals surface area (Å²) in [6.45, 7) is 9.15. The van der Waals surface area contributed by atoms with Gasteiger partial charge >= 0.3 is 0 Å². The molecule has 0 spiro atoms. The lowest BCUT2D eigenvalue weighted by Gasteiger charge is -2.27. The molecule has 1 heteroatoms. The van der Waals surface area contributed by atoms with E-state index in [1.807, 2.05) is 12.1 Å². The minimum atomic E-state index is 0.354. The summed E-state index contributed by atoms with van der Waals surface area (Å²) in [4.78, 5) is 0. The van der Waals surface area contributed by atoms with E-state index in [0.717, 1.165) is 5.92 Å². The molecular formula is C15H24O. The predicted octanol–water partition coefficient (Wildman–Crippen LogP) is 4.57. The zero-order valence-corrected chi connectivity index (χ0v) is 10.9. The average Bonchev–Trinajstić information content (AvgIpc) is 2.25. The van der Waals surface area contributed by atoms with Crippen LogP contribution in [0.2, 0.25) is 0 Å². The molecule has 1 aromatic rings. The first-order chi connectivity index (χ1) is 7.56. The highest BCUT2D eigenvalue weighted by Crippen LogP contribution is 2.33. The van der Waals surface area contributed by atoms with Gasteiger partial charge in [-0.05, 0) is 41.9 Å². The molecule has 1 rings (SSSR count). The smallest absolute Gasteiger partial charge is 0.115 e. The molecule has 2 atom stereocenters. The Morgan fingerprint density at radius 2 is 1.62 bits per heavy atom. The van der Waals surface area contributed by atoms with Gasteiger partial charge in [0.1, 0.15) is 5.75 Å². The summed E-state index contributed by atoms with van der Waals surface area (Å²) in [6.07, 6.45) is 2.52. The average molecular weight is 220 g/mol. The summed E-state index contributed by atoms with van der Waals surface area (Å²) in [7, 11) is 0. The fourth-order valence-electron chi connectivity index (χ4n) is 2.52. The summed E-state index contributed by atoms with van der Waals surface area (Å²) in [5.41, 5.74) is 1.34. The van der Waals surface area contributed by atoms with Crippen LogP contribution < -0.4 is 0 Å². The van der Waals surface area contributed by atoms with Crippen LogP contribution in [0.4, 0.5) is 0 Å². The van der Waals surface area contributed by atoms with Crippen molar-refractivity contribution < 1.29 is 5.11 Å². The van der Waals surface area contributed by atoms with E-state index in [-0.39, 0.29) is 0 Å². The molecule has 0 heterocycles. The van der Waals surface area contributed by atoms with Crippen LogP contribution in [0.1, 0.15) is 52.0 Å². The number of phenols is 1. The third-order valence-electron chi connectivity index (χ3n) is 3.54. The van der Waals surface area contributed by atoms with E-state index in [4.69, 9.17) is 0 Å². The minimum Gasteiger partial charge on any atom is -0.508 e. The van der Waals surface area contributed by atoms with E-state index < -0.39 is 0 Å². The summed E-state index contributed by atoms with van der Waals surface area (Å²) in [5.74, 6) is 2.37. The first kappa shape index (κ1) is 13.1. The highest BCUT2D eigenvalue weighted by atomic mass is 16.3. The second-order valence-electron chi connectivity index (χ2n) is 5.08. The fraction of sp³-hybridized carbons (Fsp3) is 0.600. The Bertz CT molecular complexity index is 300. The zero-order valence-electron chi connectivity index (χ0n) is 10.9. The number of aromatic hydroxyl groups is 1. The van der Waals surface area contributed by atoms with Crippen LogP contribution in [-0.2, 0) is 0 Å². The Kier molecular flexibility index (Phi) is 4.85. The van der Waals surface area contributed by atoms with Gasteiger partial charge in [-0.1, -0.05) is 46.2 Å². The van der Waals surface area contributed by atoms with Crippen molar-refractivity contribution in [3.8, 4) is 5.75 Å². The van der Waals surface area contributed by atoms with Crippen LogP contribution in [0.5, 0.6) is 5.75 Å². The molecule has 1 aromatic carbocycles. The van der Waals surface area contributed by atoms with Crippen LogP contribution in [0, 0.1) is 11.8 Å². The van der Waals surface area contributed by atoms with E-state index in [2.05, 4.69) is 27.7 Å². The van der Waals surface area contributed by atoms with Crippen LogP contribution in [0.15, 0.2) is 24.3 Å². The van der Waals surface area contributed by atoms with Crippen LogP contribution in [-0.4, -0.2) is 5.11 Å². The Labute approximate surface area is 99.5 Å². The molecule has 0 saturated heterocycles. The lowest BCUT2D eigenvalue weighted by Crippen LogP contribution is -2.16. The predicted molar refractivity (Wildman–Crippen MR) is 69.8 cm³/mol. The Morgan fingerprint density at radius 1 is 1.06 bits per heavy atom. The minimum absolute atomic E-state index is 0.354. The first-order valence-electron chi connectivity index (χ1n) is 6.35. The van der Waals surface area contributed by atoms with Crippen LogP contribution >= 0.6 is 0 Å². The number of hydrogen-bond donors (Lipinski definition) is 1. The van der Waals surface area contributed by atoms with Crippen molar-refractivity contribution in [3.05, 3.63) is 29.8 Å². The van der Waals surface area contributed by atoms with Gasteiger partial charge in [-0.2, -0.15) is 0 Å². The van der Waals surface area contributed by atoms with Crippen molar-refractivity contribution in [1.29, 1.82) is 0 Å². The van der Waals surface area contributed by atoms with Crippen molar-refractivity contribution in [3.63, 3.8) is 0 Å². The van der Waals surface area contributed by atoms with Gasteiger partial charge in [-0.25, -0.2) is 0 Å². The number of benzene rings is 1. The molecule has 1 nitrogen and oxygen atoms in total. The summed E-state index contributed by atoms with van der Waals surface area (Å²) < 4.78 is 0. The second-order valence-corrected chi connectivity index (χ2v) is 5.08. The summed E-state index contributed by atoms with van der Waals surface area (Å²) in [6, 6.07) is 7.67. The van der Waals surface area contributed by atoms with Crippen LogP contribution in [0.3, 0.4) is 0 Å². The van der Waals surface area contributed by atoms with Gasteiger partial charge in [0.2, 0.25) is 0 Å². The van der Waals surface area contributed by atoms with Gasteiger partial charge in [0.15, 0.2) is 0 Å². The van der Waals surface area contributed by atoms with Crippen molar-refractivity contribution >= 4 is 0 Å². The molecule has 0 aliphatic heterocycles. The monoisotopic (exact) mass is 220 g/mol. The number of hydrogen-bond acceptors (Lipinski definition) is 1. The molecule has 0 aliphatic carbocycles. The third kappa shape index (κ3) is 3.26. The van der Waals surface area contributed by atoms with Gasteiger partial charge in [0, 0.05) is 0 Å². The topological polar surface area (TPSA) is 20.2 Å². The number of rotatable bonds is 5. The highest BCUT2D eigenvalue weighted by Gasteiger charge is 2.21. The molecule has 0 saturated carbocycles. The highest BCUT2D eigenvalue weighted by molar-refractivity contribution is 5.28. The fourth-order valence-corrected chi connectivity index (χ4v) is 2.52. The molecule has 0 aliphatic rings.